The lowest BCUT2D eigenvalue weighted by Crippen LogP contribution is -2.18. The van der Waals surface area contributed by atoms with Gasteiger partial charge in [0.15, 0.2) is 0 Å². The Morgan fingerprint density at radius 2 is 1.76 bits per heavy atom. The monoisotopic (exact) mass is 228 g/mol. The molecule has 1 saturated heterocycles. The average Bonchev–Trinajstić information content (AvgIpc) is 3.02. The Morgan fingerprint density at radius 1 is 1.06 bits per heavy atom. The summed E-state index contributed by atoms with van der Waals surface area (Å²) in [6.07, 6.45) is 6.08. The van der Waals surface area contributed by atoms with Crippen molar-refractivity contribution in [1.29, 1.82) is 0 Å². The van der Waals surface area contributed by atoms with E-state index >= 15 is 0 Å². The number of hydrogen-bond acceptors (Lipinski definition) is 3. The lowest BCUT2D eigenvalue weighted by Gasteiger charge is -2.20. The minimum atomic E-state index is 1.12. The third-order valence-electron chi connectivity index (χ3n) is 3.34. The molecule has 0 atom stereocenters. The van der Waals surface area contributed by atoms with Gasteiger partial charge in [-0.1, -0.05) is 0 Å². The SMILES string of the molecule is Cc1cc(-n2cnnc2)ccc1N1CCCC1. The van der Waals surface area contributed by atoms with Crippen molar-refractivity contribution in [3.05, 3.63) is 36.4 Å². The maximum atomic E-state index is 3.83. The number of rotatable bonds is 2. The van der Waals surface area contributed by atoms with Crippen molar-refractivity contribution in [3.63, 3.8) is 0 Å². The van der Waals surface area contributed by atoms with E-state index in [4.69, 9.17) is 0 Å². The summed E-state index contributed by atoms with van der Waals surface area (Å²) in [5, 5.41) is 7.66. The fourth-order valence-electron chi connectivity index (χ4n) is 2.45. The Labute approximate surface area is 101 Å². The van der Waals surface area contributed by atoms with Gasteiger partial charge in [-0.15, -0.1) is 10.2 Å². The summed E-state index contributed by atoms with van der Waals surface area (Å²) in [5.41, 5.74) is 3.80. The van der Waals surface area contributed by atoms with Gasteiger partial charge >= 0.3 is 0 Å². The van der Waals surface area contributed by atoms with Crippen LogP contribution in [0.4, 0.5) is 5.69 Å². The van der Waals surface area contributed by atoms with E-state index in [1.165, 1.54) is 37.2 Å². The first-order chi connectivity index (χ1) is 8.34. The normalized spacial score (nSPS) is 15.5. The molecule has 88 valence electrons. The molecule has 17 heavy (non-hydrogen) atoms. The highest BCUT2D eigenvalue weighted by atomic mass is 15.2. The minimum absolute atomic E-state index is 1.12. The van der Waals surface area contributed by atoms with Crippen molar-refractivity contribution in [1.82, 2.24) is 14.8 Å². The van der Waals surface area contributed by atoms with Gasteiger partial charge in [0.2, 0.25) is 0 Å². The zero-order valence-corrected chi connectivity index (χ0v) is 10.0. The number of benzene rings is 1. The fourth-order valence-corrected chi connectivity index (χ4v) is 2.45. The Hall–Kier alpha value is -1.84. The molecule has 4 heteroatoms. The van der Waals surface area contributed by atoms with E-state index in [2.05, 4.69) is 40.2 Å². The molecule has 0 unspecified atom stereocenters. The summed E-state index contributed by atoms with van der Waals surface area (Å²) in [7, 11) is 0. The quantitative estimate of drug-likeness (QED) is 0.790. The zero-order chi connectivity index (χ0) is 11.7. The van der Waals surface area contributed by atoms with E-state index in [9.17, 15) is 0 Å². The molecule has 0 spiro atoms. The third-order valence-corrected chi connectivity index (χ3v) is 3.34. The minimum Gasteiger partial charge on any atom is -0.371 e. The maximum absolute atomic E-state index is 3.83. The van der Waals surface area contributed by atoms with Gasteiger partial charge in [0.05, 0.1) is 0 Å². The number of anilines is 1. The fraction of sp³-hybridized carbons (Fsp3) is 0.385. The number of hydrogen-bond donors (Lipinski definition) is 0. The van der Waals surface area contributed by atoms with Crippen LogP contribution < -0.4 is 4.90 Å². The summed E-state index contributed by atoms with van der Waals surface area (Å²) in [4.78, 5) is 2.46. The molecule has 1 aliphatic rings. The van der Waals surface area contributed by atoms with E-state index in [0.29, 0.717) is 0 Å². The van der Waals surface area contributed by atoms with Crippen molar-refractivity contribution < 1.29 is 0 Å². The Morgan fingerprint density at radius 3 is 2.41 bits per heavy atom. The highest BCUT2D eigenvalue weighted by Gasteiger charge is 2.14. The van der Waals surface area contributed by atoms with E-state index < -0.39 is 0 Å². The number of aryl methyl sites for hydroxylation is 1. The summed E-state index contributed by atoms with van der Waals surface area (Å²) in [6.45, 7) is 4.54. The second kappa shape index (κ2) is 4.20. The van der Waals surface area contributed by atoms with E-state index in [1.807, 2.05) is 4.57 Å². The van der Waals surface area contributed by atoms with Crippen molar-refractivity contribution in [2.24, 2.45) is 0 Å². The van der Waals surface area contributed by atoms with Gasteiger partial charge in [-0.25, -0.2) is 0 Å². The van der Waals surface area contributed by atoms with E-state index in [1.54, 1.807) is 12.7 Å². The van der Waals surface area contributed by atoms with Crippen LogP contribution in [0.15, 0.2) is 30.9 Å². The topological polar surface area (TPSA) is 34.0 Å². The predicted molar refractivity (Wildman–Crippen MR) is 67.5 cm³/mol. The van der Waals surface area contributed by atoms with Gasteiger partial charge in [-0.3, -0.25) is 4.57 Å². The highest BCUT2D eigenvalue weighted by Crippen LogP contribution is 2.25. The lowest BCUT2D eigenvalue weighted by molar-refractivity contribution is 0.949. The Bertz CT molecular complexity index is 498. The van der Waals surface area contributed by atoms with Gasteiger partial charge < -0.3 is 4.90 Å². The van der Waals surface area contributed by atoms with Crippen molar-refractivity contribution in [3.8, 4) is 5.69 Å². The summed E-state index contributed by atoms with van der Waals surface area (Å²) >= 11 is 0. The first kappa shape index (κ1) is 10.3. The highest BCUT2D eigenvalue weighted by molar-refractivity contribution is 5.57. The molecule has 0 saturated carbocycles. The third kappa shape index (κ3) is 1.90. The first-order valence-electron chi connectivity index (χ1n) is 6.05. The Kier molecular flexibility index (Phi) is 2.55. The molecule has 3 rings (SSSR count). The van der Waals surface area contributed by atoms with Crippen LogP contribution in [0.5, 0.6) is 0 Å². The molecule has 4 nitrogen and oxygen atoms in total. The molecule has 0 bridgehead atoms. The Balaban J connectivity index is 1.94. The lowest BCUT2D eigenvalue weighted by atomic mass is 10.1. The maximum Gasteiger partial charge on any atom is 0.123 e. The molecule has 0 amide bonds. The summed E-state index contributed by atoms with van der Waals surface area (Å²) in [6, 6.07) is 6.52. The smallest absolute Gasteiger partial charge is 0.123 e. The summed E-state index contributed by atoms with van der Waals surface area (Å²) in [5.74, 6) is 0. The average molecular weight is 228 g/mol. The van der Waals surface area contributed by atoms with Crippen molar-refractivity contribution in [2.75, 3.05) is 18.0 Å². The van der Waals surface area contributed by atoms with Crippen LogP contribution in [0.3, 0.4) is 0 Å². The van der Waals surface area contributed by atoms with Crippen LogP contribution in [-0.4, -0.2) is 27.9 Å². The van der Waals surface area contributed by atoms with Crippen molar-refractivity contribution in [2.45, 2.75) is 19.8 Å². The van der Waals surface area contributed by atoms with Gasteiger partial charge in [0.1, 0.15) is 12.7 Å². The molecule has 1 fully saturated rings. The standard InChI is InChI=1S/C13H16N4/c1-11-8-12(17-9-14-15-10-17)4-5-13(11)16-6-2-3-7-16/h4-5,8-10H,2-3,6-7H2,1H3. The zero-order valence-electron chi connectivity index (χ0n) is 10.0. The summed E-state index contributed by atoms with van der Waals surface area (Å²) < 4.78 is 1.93. The first-order valence-corrected chi connectivity index (χ1v) is 6.05. The molecule has 2 heterocycles. The molecule has 1 aromatic carbocycles. The molecular formula is C13H16N4. The molecule has 0 radical (unpaired) electrons. The van der Waals surface area contributed by atoms with E-state index in [0.717, 1.165) is 5.69 Å². The molecule has 1 aliphatic heterocycles. The largest absolute Gasteiger partial charge is 0.371 e. The van der Waals surface area contributed by atoms with Crippen LogP contribution in [0.2, 0.25) is 0 Å². The van der Waals surface area contributed by atoms with Crippen molar-refractivity contribution >= 4 is 5.69 Å². The van der Waals surface area contributed by atoms with Crippen LogP contribution in [0.25, 0.3) is 5.69 Å². The second-order valence-electron chi connectivity index (χ2n) is 4.53. The molecule has 0 N–H and O–H groups in total. The van der Waals surface area contributed by atoms with Crippen LogP contribution in [0.1, 0.15) is 18.4 Å². The van der Waals surface area contributed by atoms with Crippen LogP contribution in [-0.2, 0) is 0 Å². The van der Waals surface area contributed by atoms with E-state index in [-0.39, 0.29) is 0 Å². The molecular weight excluding hydrogens is 212 g/mol. The number of aromatic nitrogens is 3. The number of nitrogens with zero attached hydrogens (tertiary/aromatic N) is 4. The van der Waals surface area contributed by atoms with Gasteiger partial charge in [-0.2, -0.15) is 0 Å². The molecule has 0 aliphatic carbocycles. The predicted octanol–water partition coefficient (Wildman–Crippen LogP) is 2.18. The van der Waals surface area contributed by atoms with Crippen LogP contribution >= 0.6 is 0 Å². The van der Waals surface area contributed by atoms with Gasteiger partial charge in [0, 0.05) is 24.5 Å². The van der Waals surface area contributed by atoms with Gasteiger partial charge in [0.25, 0.3) is 0 Å². The van der Waals surface area contributed by atoms with Gasteiger partial charge in [-0.05, 0) is 43.5 Å². The molecule has 1 aromatic heterocycles. The molecule has 2 aromatic rings. The second-order valence-corrected chi connectivity index (χ2v) is 4.53. The van der Waals surface area contributed by atoms with Crippen LogP contribution in [0, 0.1) is 6.92 Å².